The molecule has 1 heteroatoms. The minimum Gasteiger partial charge on any atom is -0.0851 e. The zero-order chi connectivity index (χ0) is 13.0. The van der Waals surface area contributed by atoms with E-state index in [0.29, 0.717) is 0 Å². The molecule has 104 valence electrons. The lowest BCUT2D eigenvalue weighted by Crippen LogP contribution is -2.20. The molecule has 0 aromatic rings. The minimum absolute atomic E-state index is 0.773. The predicted octanol–water partition coefficient (Wildman–Crippen LogP) is 4.49. The van der Waals surface area contributed by atoms with E-state index in [4.69, 9.17) is 0 Å². The van der Waals surface area contributed by atoms with E-state index in [0.717, 1.165) is 22.8 Å². The average Bonchev–Trinajstić information content (AvgIpc) is 2.96. The summed E-state index contributed by atoms with van der Waals surface area (Å²) >= 11 is 0. The van der Waals surface area contributed by atoms with Gasteiger partial charge in [0.1, 0.15) is 0 Å². The average molecular weight is 265 g/mol. The second-order valence-electron chi connectivity index (χ2n) is 7.26. The highest BCUT2D eigenvalue weighted by atomic mass is 28.1. The van der Waals surface area contributed by atoms with Crippen molar-refractivity contribution < 1.29 is 0 Å². The molecule has 0 nitrogen and oxygen atoms in total. The van der Waals surface area contributed by atoms with Crippen LogP contribution in [0.1, 0.15) is 71.6 Å². The Morgan fingerprint density at radius 2 is 1.72 bits per heavy atom. The van der Waals surface area contributed by atoms with Gasteiger partial charge >= 0.3 is 0 Å². The van der Waals surface area contributed by atoms with Gasteiger partial charge in [0.15, 0.2) is 0 Å². The van der Waals surface area contributed by atoms with Crippen LogP contribution in [0.2, 0.25) is 5.04 Å². The quantitative estimate of drug-likeness (QED) is 0.447. The van der Waals surface area contributed by atoms with Gasteiger partial charge in [-0.3, -0.25) is 0 Å². The van der Waals surface area contributed by atoms with Crippen LogP contribution in [-0.2, 0) is 0 Å². The maximum atomic E-state index is 2.54. The van der Waals surface area contributed by atoms with E-state index >= 15 is 0 Å². The van der Waals surface area contributed by atoms with Crippen LogP contribution in [0.15, 0.2) is 12.2 Å². The van der Waals surface area contributed by atoms with Crippen molar-refractivity contribution in [3.05, 3.63) is 12.2 Å². The van der Waals surface area contributed by atoms with Gasteiger partial charge in [0.2, 0.25) is 0 Å². The molecular formula is C17H32Si. The molecule has 1 saturated carbocycles. The van der Waals surface area contributed by atoms with Crippen LogP contribution >= 0.6 is 0 Å². The number of rotatable bonds is 8. The normalized spacial score (nSPS) is 30.4. The van der Waals surface area contributed by atoms with E-state index < -0.39 is 0 Å². The molecule has 0 heterocycles. The first kappa shape index (κ1) is 14.4. The van der Waals surface area contributed by atoms with Crippen LogP contribution in [0.3, 0.4) is 0 Å². The van der Waals surface area contributed by atoms with Crippen molar-refractivity contribution >= 4 is 10.2 Å². The third kappa shape index (κ3) is 3.50. The Balaban J connectivity index is 1.89. The van der Waals surface area contributed by atoms with Crippen molar-refractivity contribution in [2.24, 2.45) is 17.8 Å². The van der Waals surface area contributed by atoms with Gasteiger partial charge in [-0.15, -0.1) is 0 Å². The van der Waals surface area contributed by atoms with Crippen molar-refractivity contribution in [3.8, 4) is 0 Å². The molecule has 3 unspecified atom stereocenters. The van der Waals surface area contributed by atoms with Crippen LogP contribution in [-0.4, -0.2) is 10.2 Å². The first-order chi connectivity index (χ1) is 8.67. The molecule has 1 fully saturated rings. The predicted molar refractivity (Wildman–Crippen MR) is 85.1 cm³/mol. The summed E-state index contributed by atoms with van der Waals surface area (Å²) in [5, 5.41) is 0.773. The molecule has 18 heavy (non-hydrogen) atoms. The van der Waals surface area contributed by atoms with Gasteiger partial charge in [0, 0.05) is 10.2 Å². The zero-order valence-corrected chi connectivity index (χ0v) is 14.8. The Kier molecular flexibility index (Phi) is 5.12. The van der Waals surface area contributed by atoms with Crippen LogP contribution in [0.25, 0.3) is 0 Å². The third-order valence-electron chi connectivity index (χ3n) is 5.44. The topological polar surface area (TPSA) is 0 Å². The van der Waals surface area contributed by atoms with Crippen molar-refractivity contribution in [2.45, 2.75) is 76.7 Å². The second-order valence-corrected chi connectivity index (χ2v) is 9.38. The highest BCUT2D eigenvalue weighted by molar-refractivity contribution is 6.15. The SMILES string of the molecule is CCCCC([SiH3])(CCCC)CC1CC2C=CC1C2. The van der Waals surface area contributed by atoms with E-state index in [2.05, 4.69) is 26.0 Å². The fourth-order valence-corrected chi connectivity index (χ4v) is 5.53. The van der Waals surface area contributed by atoms with E-state index in [-0.39, 0.29) is 0 Å². The molecule has 2 bridgehead atoms. The Morgan fingerprint density at radius 1 is 1.06 bits per heavy atom. The number of hydrogen-bond acceptors (Lipinski definition) is 0. The summed E-state index contributed by atoms with van der Waals surface area (Å²) in [4.78, 5) is 0. The van der Waals surface area contributed by atoms with E-state index in [9.17, 15) is 0 Å². The number of hydrogen-bond donors (Lipinski definition) is 0. The summed E-state index contributed by atoms with van der Waals surface area (Å²) in [6.45, 7) is 4.70. The maximum absolute atomic E-state index is 2.54. The van der Waals surface area contributed by atoms with Gasteiger partial charge in [0.25, 0.3) is 0 Å². The monoisotopic (exact) mass is 264 g/mol. The van der Waals surface area contributed by atoms with Gasteiger partial charge in [0.05, 0.1) is 0 Å². The smallest absolute Gasteiger partial charge is 0.0107 e. The van der Waals surface area contributed by atoms with Gasteiger partial charge in [-0.05, 0) is 42.1 Å². The largest absolute Gasteiger partial charge is 0.0851 e. The maximum Gasteiger partial charge on any atom is 0.0107 e. The standard InChI is InChI=1S/C17H32Si/c1-3-5-9-17(18,10-6-4-2)13-16-12-14-7-8-15(16)11-14/h7-8,14-16H,3-6,9-13H2,1-2,18H3. The molecule has 0 aliphatic heterocycles. The summed E-state index contributed by atoms with van der Waals surface area (Å²) in [6.07, 6.45) is 18.3. The molecule has 0 N–H and O–H groups in total. The van der Waals surface area contributed by atoms with Gasteiger partial charge in [-0.25, -0.2) is 0 Å². The number of unbranched alkanes of at least 4 members (excludes halogenated alkanes) is 2. The summed E-state index contributed by atoms with van der Waals surface area (Å²) in [6, 6.07) is 0. The Bertz CT molecular complexity index is 273. The molecule has 0 spiro atoms. The van der Waals surface area contributed by atoms with Gasteiger partial charge < -0.3 is 0 Å². The minimum atomic E-state index is 0.773. The molecule has 3 atom stereocenters. The number of fused-ring (bicyclic) bond motifs is 2. The zero-order valence-electron chi connectivity index (χ0n) is 12.8. The van der Waals surface area contributed by atoms with Crippen molar-refractivity contribution in [3.63, 3.8) is 0 Å². The Labute approximate surface area is 117 Å². The summed E-state index contributed by atoms with van der Waals surface area (Å²) in [5.41, 5.74) is 0. The first-order valence-electron chi connectivity index (χ1n) is 8.35. The first-order valence-corrected chi connectivity index (χ1v) is 9.35. The molecule has 2 aliphatic rings. The van der Waals surface area contributed by atoms with E-state index in [1.165, 1.54) is 61.6 Å². The lowest BCUT2D eigenvalue weighted by Gasteiger charge is -2.34. The molecule has 0 aromatic carbocycles. The molecule has 2 rings (SSSR count). The van der Waals surface area contributed by atoms with E-state index in [1.807, 2.05) is 0 Å². The van der Waals surface area contributed by atoms with E-state index in [1.54, 1.807) is 6.42 Å². The molecular weight excluding hydrogens is 232 g/mol. The fourth-order valence-electron chi connectivity index (χ4n) is 4.30. The van der Waals surface area contributed by atoms with Crippen LogP contribution in [0.4, 0.5) is 0 Å². The van der Waals surface area contributed by atoms with Crippen molar-refractivity contribution in [2.75, 3.05) is 0 Å². The number of allylic oxidation sites excluding steroid dienone is 2. The fraction of sp³-hybridized carbons (Fsp3) is 0.882. The second kappa shape index (κ2) is 6.41. The highest BCUT2D eigenvalue weighted by Crippen LogP contribution is 2.51. The Morgan fingerprint density at radius 3 is 2.17 bits per heavy atom. The summed E-state index contributed by atoms with van der Waals surface area (Å²) < 4.78 is 0. The van der Waals surface area contributed by atoms with Crippen LogP contribution in [0.5, 0.6) is 0 Å². The summed E-state index contributed by atoms with van der Waals surface area (Å²) in [7, 11) is 1.42. The lowest BCUT2D eigenvalue weighted by molar-refractivity contribution is 0.309. The van der Waals surface area contributed by atoms with Crippen LogP contribution < -0.4 is 0 Å². The van der Waals surface area contributed by atoms with Crippen molar-refractivity contribution in [1.82, 2.24) is 0 Å². The van der Waals surface area contributed by atoms with Crippen LogP contribution in [0, 0.1) is 17.8 Å². The highest BCUT2D eigenvalue weighted by Gasteiger charge is 2.39. The van der Waals surface area contributed by atoms with Gasteiger partial charge in [-0.2, -0.15) is 0 Å². The molecule has 0 radical (unpaired) electrons. The molecule has 0 saturated heterocycles. The molecule has 0 amide bonds. The van der Waals surface area contributed by atoms with Gasteiger partial charge in [-0.1, -0.05) is 64.5 Å². The third-order valence-corrected chi connectivity index (χ3v) is 6.85. The Hall–Kier alpha value is -0.0431. The van der Waals surface area contributed by atoms with Crippen molar-refractivity contribution in [1.29, 1.82) is 0 Å². The molecule has 2 aliphatic carbocycles. The summed E-state index contributed by atoms with van der Waals surface area (Å²) in [5.74, 6) is 2.97. The lowest BCUT2D eigenvalue weighted by atomic mass is 9.80. The molecule has 0 aromatic heterocycles.